The highest BCUT2D eigenvalue weighted by Gasteiger charge is 2.24. The fourth-order valence-corrected chi connectivity index (χ4v) is 1.67. The van der Waals surface area contributed by atoms with Crippen molar-refractivity contribution in [2.24, 2.45) is 11.7 Å². The SMILES string of the molecule is CC(N)c1ccc(NC(=O)CC2CC2)cc1. The lowest BCUT2D eigenvalue weighted by Crippen LogP contribution is -2.12. The largest absolute Gasteiger partial charge is 0.326 e. The Morgan fingerprint density at radius 3 is 2.56 bits per heavy atom. The average molecular weight is 218 g/mol. The zero-order chi connectivity index (χ0) is 11.5. The van der Waals surface area contributed by atoms with Crippen LogP contribution in [-0.2, 0) is 4.79 Å². The molecule has 86 valence electrons. The molecule has 1 saturated carbocycles. The van der Waals surface area contributed by atoms with Crippen LogP contribution in [0.1, 0.15) is 37.8 Å². The van der Waals surface area contributed by atoms with Crippen LogP contribution < -0.4 is 11.1 Å². The number of hydrogen-bond donors (Lipinski definition) is 2. The van der Waals surface area contributed by atoms with Crippen molar-refractivity contribution in [2.45, 2.75) is 32.2 Å². The maximum absolute atomic E-state index is 11.5. The van der Waals surface area contributed by atoms with Gasteiger partial charge in [0, 0.05) is 18.2 Å². The van der Waals surface area contributed by atoms with Crippen molar-refractivity contribution in [3.8, 4) is 0 Å². The van der Waals surface area contributed by atoms with Crippen LogP contribution >= 0.6 is 0 Å². The molecule has 0 radical (unpaired) electrons. The predicted molar refractivity (Wildman–Crippen MR) is 65.0 cm³/mol. The van der Waals surface area contributed by atoms with E-state index in [0.717, 1.165) is 11.3 Å². The van der Waals surface area contributed by atoms with E-state index in [0.29, 0.717) is 12.3 Å². The lowest BCUT2D eigenvalue weighted by molar-refractivity contribution is -0.116. The molecule has 1 aliphatic rings. The van der Waals surface area contributed by atoms with Crippen molar-refractivity contribution in [3.05, 3.63) is 29.8 Å². The summed E-state index contributed by atoms with van der Waals surface area (Å²) in [6.45, 7) is 1.95. The van der Waals surface area contributed by atoms with Crippen molar-refractivity contribution in [1.82, 2.24) is 0 Å². The van der Waals surface area contributed by atoms with Crippen LogP contribution in [0.5, 0.6) is 0 Å². The molecule has 0 spiro atoms. The van der Waals surface area contributed by atoms with Gasteiger partial charge in [0.25, 0.3) is 0 Å². The van der Waals surface area contributed by atoms with E-state index >= 15 is 0 Å². The fraction of sp³-hybridized carbons (Fsp3) is 0.462. The minimum atomic E-state index is 0.0382. The average Bonchev–Trinajstić information content (AvgIpc) is 3.02. The minimum Gasteiger partial charge on any atom is -0.326 e. The number of nitrogens with two attached hydrogens (primary N) is 1. The van der Waals surface area contributed by atoms with Crippen LogP contribution in [0.15, 0.2) is 24.3 Å². The highest BCUT2D eigenvalue weighted by atomic mass is 16.1. The molecule has 3 nitrogen and oxygen atoms in total. The van der Waals surface area contributed by atoms with Crippen molar-refractivity contribution < 1.29 is 4.79 Å². The van der Waals surface area contributed by atoms with Gasteiger partial charge in [0.05, 0.1) is 0 Å². The molecule has 16 heavy (non-hydrogen) atoms. The van der Waals surface area contributed by atoms with Gasteiger partial charge < -0.3 is 11.1 Å². The van der Waals surface area contributed by atoms with E-state index in [-0.39, 0.29) is 11.9 Å². The fourth-order valence-electron chi connectivity index (χ4n) is 1.67. The van der Waals surface area contributed by atoms with E-state index in [9.17, 15) is 4.79 Å². The van der Waals surface area contributed by atoms with Gasteiger partial charge in [0.1, 0.15) is 0 Å². The number of rotatable bonds is 4. The van der Waals surface area contributed by atoms with Gasteiger partial charge in [-0.25, -0.2) is 0 Å². The standard InChI is InChI=1S/C13H18N2O/c1-9(14)11-4-6-12(7-5-11)15-13(16)8-10-2-3-10/h4-7,9-10H,2-3,8,14H2,1H3,(H,15,16). The van der Waals surface area contributed by atoms with Gasteiger partial charge in [0.15, 0.2) is 0 Å². The number of carbonyl (C=O) groups excluding carboxylic acids is 1. The minimum absolute atomic E-state index is 0.0382. The van der Waals surface area contributed by atoms with Crippen LogP contribution in [0.3, 0.4) is 0 Å². The van der Waals surface area contributed by atoms with Crippen molar-refractivity contribution in [1.29, 1.82) is 0 Å². The maximum Gasteiger partial charge on any atom is 0.224 e. The van der Waals surface area contributed by atoms with Crippen molar-refractivity contribution in [3.63, 3.8) is 0 Å². The second kappa shape index (κ2) is 4.66. The molecule has 1 atom stereocenters. The van der Waals surface area contributed by atoms with Gasteiger partial charge in [0.2, 0.25) is 5.91 Å². The van der Waals surface area contributed by atoms with Gasteiger partial charge >= 0.3 is 0 Å². The molecular formula is C13H18N2O. The van der Waals surface area contributed by atoms with E-state index in [1.165, 1.54) is 12.8 Å². The highest BCUT2D eigenvalue weighted by Crippen LogP contribution is 2.32. The number of benzene rings is 1. The van der Waals surface area contributed by atoms with Gasteiger partial charge in [-0.1, -0.05) is 12.1 Å². The molecule has 1 fully saturated rings. The van der Waals surface area contributed by atoms with Crippen LogP contribution in [0.2, 0.25) is 0 Å². The van der Waals surface area contributed by atoms with E-state index in [4.69, 9.17) is 5.73 Å². The molecule has 3 heteroatoms. The summed E-state index contributed by atoms with van der Waals surface area (Å²) in [5, 5.41) is 2.90. The Bertz CT molecular complexity index is 366. The Kier molecular flexibility index (Phi) is 3.25. The molecule has 0 saturated heterocycles. The molecular weight excluding hydrogens is 200 g/mol. The number of anilines is 1. The Balaban J connectivity index is 1.90. The topological polar surface area (TPSA) is 55.1 Å². The first kappa shape index (κ1) is 11.1. The zero-order valence-electron chi connectivity index (χ0n) is 9.57. The quantitative estimate of drug-likeness (QED) is 0.815. The third kappa shape index (κ3) is 3.07. The second-order valence-corrected chi connectivity index (χ2v) is 4.61. The normalized spacial score (nSPS) is 16.9. The van der Waals surface area contributed by atoms with E-state index in [1.807, 2.05) is 31.2 Å². The first-order valence-corrected chi connectivity index (χ1v) is 5.80. The Morgan fingerprint density at radius 2 is 2.06 bits per heavy atom. The van der Waals surface area contributed by atoms with Crippen LogP contribution in [0.4, 0.5) is 5.69 Å². The van der Waals surface area contributed by atoms with Crippen LogP contribution in [0, 0.1) is 5.92 Å². The number of hydrogen-bond acceptors (Lipinski definition) is 2. The summed E-state index contributed by atoms with van der Waals surface area (Å²) in [6, 6.07) is 7.76. The van der Waals surface area contributed by atoms with Gasteiger partial charge in [-0.05, 0) is 43.4 Å². The van der Waals surface area contributed by atoms with E-state index in [2.05, 4.69) is 5.32 Å². The summed E-state index contributed by atoms with van der Waals surface area (Å²) in [6.07, 6.45) is 3.07. The predicted octanol–water partition coefficient (Wildman–Crippen LogP) is 2.44. The van der Waals surface area contributed by atoms with Gasteiger partial charge in [-0.2, -0.15) is 0 Å². The lowest BCUT2D eigenvalue weighted by atomic mass is 10.1. The number of carbonyl (C=O) groups is 1. The molecule has 1 aromatic carbocycles. The van der Waals surface area contributed by atoms with Gasteiger partial charge in [-0.15, -0.1) is 0 Å². The van der Waals surface area contributed by atoms with Crippen LogP contribution in [0.25, 0.3) is 0 Å². The molecule has 1 aliphatic carbocycles. The molecule has 0 aromatic heterocycles. The summed E-state index contributed by atoms with van der Waals surface area (Å²) in [5.41, 5.74) is 7.69. The smallest absolute Gasteiger partial charge is 0.224 e. The van der Waals surface area contributed by atoms with Crippen LogP contribution in [-0.4, -0.2) is 5.91 Å². The molecule has 1 aromatic rings. The first-order valence-electron chi connectivity index (χ1n) is 5.80. The molecule has 1 amide bonds. The van der Waals surface area contributed by atoms with Gasteiger partial charge in [-0.3, -0.25) is 4.79 Å². The summed E-state index contributed by atoms with van der Waals surface area (Å²) in [5.74, 6) is 0.749. The maximum atomic E-state index is 11.5. The summed E-state index contributed by atoms with van der Waals surface area (Å²) in [7, 11) is 0. The highest BCUT2D eigenvalue weighted by molar-refractivity contribution is 5.91. The van der Waals surface area contributed by atoms with E-state index in [1.54, 1.807) is 0 Å². The molecule has 3 N–H and O–H groups in total. The lowest BCUT2D eigenvalue weighted by Gasteiger charge is -2.08. The summed E-state index contributed by atoms with van der Waals surface area (Å²) >= 11 is 0. The summed E-state index contributed by atoms with van der Waals surface area (Å²) < 4.78 is 0. The Hall–Kier alpha value is -1.35. The molecule has 2 rings (SSSR count). The Morgan fingerprint density at radius 1 is 1.44 bits per heavy atom. The summed E-state index contributed by atoms with van der Waals surface area (Å²) in [4.78, 5) is 11.5. The molecule has 1 unspecified atom stereocenters. The molecule has 0 bridgehead atoms. The molecule has 0 heterocycles. The third-order valence-corrected chi connectivity index (χ3v) is 2.89. The van der Waals surface area contributed by atoms with E-state index < -0.39 is 0 Å². The van der Waals surface area contributed by atoms with Crippen molar-refractivity contribution in [2.75, 3.05) is 5.32 Å². The molecule has 0 aliphatic heterocycles. The number of amides is 1. The zero-order valence-corrected chi connectivity index (χ0v) is 9.57. The third-order valence-electron chi connectivity index (χ3n) is 2.89. The van der Waals surface area contributed by atoms with Crippen molar-refractivity contribution >= 4 is 11.6 Å². The monoisotopic (exact) mass is 218 g/mol. The Labute approximate surface area is 96.0 Å². The second-order valence-electron chi connectivity index (χ2n) is 4.61. The number of nitrogens with one attached hydrogen (secondary N) is 1. The first-order chi connectivity index (χ1) is 7.65.